The fraction of sp³-hybridized carbons (Fsp3) is 0.739. The van der Waals surface area contributed by atoms with Gasteiger partial charge in [-0.15, -0.1) is 5.10 Å². The van der Waals surface area contributed by atoms with Crippen LogP contribution in [-0.2, 0) is 44.6 Å². The largest absolute Gasteiger partial charge is 0.458 e. The summed E-state index contributed by atoms with van der Waals surface area (Å²) >= 11 is 0. The number of rotatable bonds is 12. The third-order valence-electron chi connectivity index (χ3n) is 13.0. The molecule has 19 heteroatoms. The molecule has 1 aromatic carbocycles. The number of nitrogens with two attached hydrogens (primary N) is 2. The summed E-state index contributed by atoms with van der Waals surface area (Å²) in [6.07, 6.45) is -1.69. The van der Waals surface area contributed by atoms with Gasteiger partial charge in [0.25, 0.3) is 0 Å². The van der Waals surface area contributed by atoms with Gasteiger partial charge in [0, 0.05) is 56.0 Å². The number of aryl methyl sites for hydroxylation is 1. The van der Waals surface area contributed by atoms with Gasteiger partial charge in [-0.05, 0) is 105 Å². The highest BCUT2D eigenvalue weighted by Crippen LogP contribution is 2.40. The van der Waals surface area contributed by atoms with Gasteiger partial charge in [-0.3, -0.25) is 24.5 Å². The van der Waals surface area contributed by atoms with Crippen LogP contribution in [0.1, 0.15) is 101 Å². The quantitative estimate of drug-likeness (QED) is 0.0857. The Balaban J connectivity index is 1.32. The van der Waals surface area contributed by atoms with E-state index in [-0.39, 0.29) is 18.5 Å². The topological polar surface area (TPSA) is 254 Å². The van der Waals surface area contributed by atoms with Crippen molar-refractivity contribution in [3.63, 3.8) is 0 Å². The van der Waals surface area contributed by atoms with Gasteiger partial charge in [-0.1, -0.05) is 38.1 Å². The van der Waals surface area contributed by atoms with Crippen LogP contribution in [0.2, 0.25) is 0 Å². The lowest BCUT2D eigenvalue weighted by Gasteiger charge is -2.45. The molecule has 5 rings (SSSR count). The van der Waals surface area contributed by atoms with E-state index in [1.165, 1.54) is 6.92 Å². The minimum Gasteiger partial charge on any atom is -0.458 e. The van der Waals surface area contributed by atoms with E-state index in [1.807, 2.05) is 39.1 Å². The number of carbonyl (C=O) groups excluding carboxylic acids is 4. The number of fused-ring (bicyclic) bond motifs is 1. The van der Waals surface area contributed by atoms with Gasteiger partial charge < -0.3 is 50.3 Å². The molecule has 3 aliphatic heterocycles. The number of benzene rings is 1. The summed E-state index contributed by atoms with van der Waals surface area (Å²) in [7, 11) is 1.54. The number of amides is 2. The first-order valence-corrected chi connectivity index (χ1v) is 23.0. The van der Waals surface area contributed by atoms with E-state index < -0.39 is 95.4 Å². The Hall–Kier alpha value is -4.24. The second kappa shape index (κ2) is 21.6. The molecule has 0 bridgehead atoms. The molecule has 65 heavy (non-hydrogen) atoms. The van der Waals surface area contributed by atoms with Gasteiger partial charge in [-0.25, -0.2) is 9.59 Å². The molecule has 19 nitrogen and oxygen atoms in total. The first-order chi connectivity index (χ1) is 30.5. The summed E-state index contributed by atoms with van der Waals surface area (Å²) in [6, 6.07) is 5.68. The molecule has 1 aromatic heterocycles. The zero-order valence-corrected chi connectivity index (χ0v) is 40.1. The monoisotopic (exact) mass is 915 g/mol. The van der Waals surface area contributed by atoms with Crippen molar-refractivity contribution in [2.45, 2.75) is 174 Å². The van der Waals surface area contributed by atoms with Gasteiger partial charge in [0.15, 0.2) is 17.7 Å². The van der Waals surface area contributed by atoms with Crippen molar-refractivity contribution < 1.29 is 52.7 Å². The first kappa shape index (κ1) is 51.7. The van der Waals surface area contributed by atoms with Crippen LogP contribution in [0, 0.1) is 17.8 Å². The number of ether oxygens (including phenoxy) is 6. The number of methoxy groups -OCH3 is 1. The molecule has 0 aliphatic carbocycles. The smallest absolute Gasteiger partial charge is 0.412 e. The number of aliphatic hydroxyl groups is 1. The Morgan fingerprint density at radius 1 is 1.11 bits per heavy atom. The third kappa shape index (κ3) is 12.4. The van der Waals surface area contributed by atoms with Crippen LogP contribution in [0.4, 0.5) is 15.3 Å². The number of Topliss-reactive ketones (excluding diaryl/α,β-unsaturated/α-hetero) is 1. The van der Waals surface area contributed by atoms with E-state index in [2.05, 4.69) is 27.9 Å². The number of nitrogens with one attached hydrogen (secondary N) is 2. The zero-order valence-electron chi connectivity index (χ0n) is 40.1. The Kier molecular flexibility index (Phi) is 17.2. The molecule has 0 spiro atoms. The molecule has 13 atom stereocenters. The highest BCUT2D eigenvalue weighted by molar-refractivity contribution is 6.00. The first-order valence-electron chi connectivity index (χ1n) is 23.0. The lowest BCUT2D eigenvalue weighted by Crippen LogP contribution is -2.61. The number of hydrogen-bond donors (Lipinski definition) is 5. The maximum Gasteiger partial charge on any atom is 0.412 e. The number of aliphatic hydroxyl groups excluding tert-OH is 1. The number of carbonyl (C=O) groups is 4. The van der Waals surface area contributed by atoms with Crippen LogP contribution in [-0.4, -0.2) is 141 Å². The Morgan fingerprint density at radius 2 is 1.82 bits per heavy atom. The highest BCUT2D eigenvalue weighted by atomic mass is 16.7. The second-order valence-corrected chi connectivity index (χ2v) is 19.6. The number of anilines is 1. The SMILES string of the molecule is CC[C@H]1OC(=O)[C@H](C)C(=O)[C@H](C)[C@@H](O[C@@H]2OC(CN)CC(N)C2O)[C@](C)(OC)C[C@@H](C)CN[C@H](C)[C@H]2N(CCCCn3cc(-c4cccc(NC(=O)OC(C)(C)C)c4)nn3)C(=O)O[C@]12C. The predicted molar refractivity (Wildman–Crippen MR) is 241 cm³/mol. The maximum atomic E-state index is 14.3. The molecule has 4 heterocycles. The van der Waals surface area contributed by atoms with Crippen LogP contribution >= 0.6 is 0 Å². The minimum absolute atomic E-state index is 0.0662. The van der Waals surface area contributed by atoms with E-state index in [1.54, 1.807) is 63.4 Å². The van der Waals surface area contributed by atoms with E-state index >= 15 is 0 Å². The highest BCUT2D eigenvalue weighted by Gasteiger charge is 2.58. The van der Waals surface area contributed by atoms with Gasteiger partial charge in [0.1, 0.15) is 29.4 Å². The van der Waals surface area contributed by atoms with Crippen LogP contribution in [0.25, 0.3) is 11.3 Å². The molecule has 3 fully saturated rings. The molecular formula is C46H74N8O11. The van der Waals surface area contributed by atoms with Crippen molar-refractivity contribution in [1.82, 2.24) is 25.2 Å². The Bertz CT molecular complexity index is 1950. The van der Waals surface area contributed by atoms with E-state index in [0.29, 0.717) is 63.1 Å². The van der Waals surface area contributed by atoms with E-state index in [9.17, 15) is 24.3 Å². The van der Waals surface area contributed by atoms with E-state index in [0.717, 1.165) is 5.56 Å². The van der Waals surface area contributed by atoms with Crippen molar-refractivity contribution in [2.75, 3.05) is 32.1 Å². The fourth-order valence-electron chi connectivity index (χ4n) is 9.51. The molecule has 2 aromatic rings. The van der Waals surface area contributed by atoms with Crippen molar-refractivity contribution in [2.24, 2.45) is 29.2 Å². The van der Waals surface area contributed by atoms with Crippen LogP contribution in [0.5, 0.6) is 0 Å². The average molecular weight is 915 g/mol. The normalized spacial score (nSPS) is 34.2. The number of ketones is 1. The van der Waals surface area contributed by atoms with Crippen LogP contribution in [0.15, 0.2) is 30.5 Å². The summed E-state index contributed by atoms with van der Waals surface area (Å²) < 4.78 is 38.3. The predicted octanol–water partition coefficient (Wildman–Crippen LogP) is 4.39. The summed E-state index contributed by atoms with van der Waals surface area (Å²) in [5.41, 5.74) is 11.1. The number of esters is 1. The minimum atomic E-state index is -1.28. The lowest BCUT2D eigenvalue weighted by atomic mass is 9.78. The maximum absolute atomic E-state index is 14.3. The van der Waals surface area contributed by atoms with Crippen molar-refractivity contribution in [3.8, 4) is 11.3 Å². The molecule has 0 radical (unpaired) electrons. The number of hydrogen-bond acceptors (Lipinski definition) is 16. The third-order valence-corrected chi connectivity index (χ3v) is 13.0. The van der Waals surface area contributed by atoms with Crippen LogP contribution < -0.4 is 22.1 Å². The molecule has 0 saturated carbocycles. The number of cyclic esters (lactones) is 1. The number of aromatic nitrogens is 3. The molecule has 3 unspecified atom stereocenters. The Morgan fingerprint density at radius 3 is 2.48 bits per heavy atom. The summed E-state index contributed by atoms with van der Waals surface area (Å²) in [5.74, 6) is -3.44. The molecule has 3 aliphatic rings. The number of unbranched alkanes of at least 4 members (excludes halogenated alkanes) is 1. The molecule has 364 valence electrons. The van der Waals surface area contributed by atoms with Gasteiger partial charge >= 0.3 is 18.2 Å². The summed E-state index contributed by atoms with van der Waals surface area (Å²) in [5, 5.41) is 26.2. The fourth-order valence-corrected chi connectivity index (χ4v) is 9.51. The molecule has 2 amide bonds. The summed E-state index contributed by atoms with van der Waals surface area (Å²) in [4.78, 5) is 56.3. The average Bonchev–Trinajstić information content (AvgIpc) is 3.83. The molecule has 7 N–H and O–H groups in total. The molecule has 3 saturated heterocycles. The second-order valence-electron chi connectivity index (χ2n) is 19.6. The molecular weight excluding hydrogens is 841 g/mol. The number of nitrogens with zero attached hydrogens (tertiary/aromatic N) is 4. The Labute approximate surface area is 383 Å². The van der Waals surface area contributed by atoms with Gasteiger partial charge in [-0.2, -0.15) is 0 Å². The lowest BCUT2D eigenvalue weighted by molar-refractivity contribution is -0.289. The van der Waals surface area contributed by atoms with Gasteiger partial charge in [0.2, 0.25) is 0 Å². The summed E-state index contributed by atoms with van der Waals surface area (Å²) in [6.45, 7) is 19.6. The van der Waals surface area contributed by atoms with Gasteiger partial charge in [0.05, 0.1) is 30.0 Å². The van der Waals surface area contributed by atoms with Crippen molar-refractivity contribution >= 4 is 29.6 Å². The van der Waals surface area contributed by atoms with Crippen molar-refractivity contribution in [1.29, 1.82) is 0 Å². The van der Waals surface area contributed by atoms with E-state index in [4.69, 9.17) is 39.9 Å². The standard InChI is InChI=1S/C46H74N8O11/c1-12-35-46(10)38(54(43(59)65-46)19-14-13-18-53-25-34(51-52-53)30-16-15-17-31(20-30)50-42(58)64-44(6,7)8)29(5)49-24-26(2)22-45(9,60-11)39(27(3)36(55)28(4)40(57)62-35)63-41-37(56)33(48)21-32(23-47)61-41/h15-17,20,25-29,32-33,35,37-39,41,49,56H,12-14,18-19,21-24,47-48H2,1-11H3,(H,50,58)/t26-,27+,28-,29-,32?,33?,35-,37?,38-,39-,41+,45-,46-/m1/s1. The zero-order chi connectivity index (χ0) is 48.0. The van der Waals surface area contributed by atoms with Crippen molar-refractivity contribution in [3.05, 3.63) is 30.5 Å². The van der Waals surface area contributed by atoms with Crippen LogP contribution in [0.3, 0.4) is 0 Å².